The highest BCUT2D eigenvalue weighted by Crippen LogP contribution is 2.28. The summed E-state index contributed by atoms with van der Waals surface area (Å²) in [7, 11) is 0. The molecule has 30 heavy (non-hydrogen) atoms. The highest BCUT2D eigenvalue weighted by Gasteiger charge is 2.21. The predicted molar refractivity (Wildman–Crippen MR) is 120 cm³/mol. The number of cyclic esters (lactones) is 1. The number of halogens is 2. The minimum absolute atomic E-state index is 0.356. The first-order valence-corrected chi connectivity index (χ1v) is 10.1. The number of aryl methyl sites for hydroxylation is 1. The van der Waals surface area contributed by atoms with Crippen molar-refractivity contribution in [3.63, 3.8) is 0 Å². The van der Waals surface area contributed by atoms with Gasteiger partial charge in [0.15, 0.2) is 0 Å². The molecule has 0 aliphatic carbocycles. The third-order valence-corrected chi connectivity index (χ3v) is 5.39. The first-order valence-electron chi connectivity index (χ1n) is 9.37. The second kappa shape index (κ2) is 8.78. The van der Waals surface area contributed by atoms with Crippen molar-refractivity contribution in [3.05, 3.63) is 111 Å². The van der Waals surface area contributed by atoms with Gasteiger partial charge in [-0.3, -0.25) is 0 Å². The minimum atomic E-state index is -0.356. The first-order chi connectivity index (χ1) is 14.5. The van der Waals surface area contributed by atoms with Crippen LogP contribution in [-0.2, 0) is 16.1 Å². The Hall–Kier alpha value is -3.01. The fourth-order valence-corrected chi connectivity index (χ4v) is 3.31. The highest BCUT2D eigenvalue weighted by atomic mass is 35.5. The Kier molecular flexibility index (Phi) is 5.93. The van der Waals surface area contributed by atoms with Gasteiger partial charge in [0.1, 0.15) is 18.1 Å². The van der Waals surface area contributed by atoms with E-state index in [2.05, 4.69) is 0 Å². The Morgan fingerprint density at radius 3 is 2.37 bits per heavy atom. The van der Waals surface area contributed by atoms with Gasteiger partial charge in [-0.2, -0.15) is 0 Å². The molecule has 0 unspecified atom stereocenters. The van der Waals surface area contributed by atoms with Crippen LogP contribution in [0.3, 0.4) is 0 Å². The molecule has 0 saturated heterocycles. The molecule has 0 bridgehead atoms. The van der Waals surface area contributed by atoms with Gasteiger partial charge in [0.2, 0.25) is 0 Å². The third kappa shape index (κ3) is 4.76. The maximum absolute atomic E-state index is 12.2. The number of hydrogen-bond acceptors (Lipinski definition) is 3. The van der Waals surface area contributed by atoms with Crippen LogP contribution in [0.15, 0.2) is 78.4 Å². The van der Waals surface area contributed by atoms with Crippen LogP contribution in [0.4, 0.5) is 0 Å². The Morgan fingerprint density at radius 2 is 1.67 bits per heavy atom. The van der Waals surface area contributed by atoms with E-state index in [1.165, 1.54) is 0 Å². The fourth-order valence-electron chi connectivity index (χ4n) is 2.99. The number of esters is 1. The number of rotatable bonds is 5. The molecule has 0 atom stereocenters. The zero-order chi connectivity index (χ0) is 21.1. The van der Waals surface area contributed by atoms with Crippen molar-refractivity contribution in [1.82, 2.24) is 0 Å². The molecule has 0 N–H and O–H groups in total. The molecule has 1 aliphatic rings. The van der Waals surface area contributed by atoms with E-state index < -0.39 is 0 Å². The molecule has 3 aromatic rings. The summed E-state index contributed by atoms with van der Waals surface area (Å²) in [5.41, 5.74) is 4.35. The molecule has 4 rings (SSSR count). The Morgan fingerprint density at radius 1 is 0.933 bits per heavy atom. The van der Waals surface area contributed by atoms with E-state index in [-0.39, 0.29) is 5.97 Å². The van der Waals surface area contributed by atoms with E-state index in [0.29, 0.717) is 33.7 Å². The van der Waals surface area contributed by atoms with Crippen LogP contribution in [0.1, 0.15) is 22.3 Å². The summed E-state index contributed by atoms with van der Waals surface area (Å²) in [5.74, 6) is 0.923. The van der Waals surface area contributed by atoms with Gasteiger partial charge in [-0.05, 0) is 54.5 Å². The lowest BCUT2D eigenvalue weighted by atomic mass is 10.1. The van der Waals surface area contributed by atoms with Gasteiger partial charge in [0.05, 0.1) is 15.6 Å². The largest absolute Gasteiger partial charge is 0.489 e. The van der Waals surface area contributed by atoms with Gasteiger partial charge in [0, 0.05) is 5.56 Å². The van der Waals surface area contributed by atoms with Crippen LogP contribution < -0.4 is 4.74 Å². The van der Waals surface area contributed by atoms with Gasteiger partial charge in [-0.1, -0.05) is 71.2 Å². The smallest absolute Gasteiger partial charge is 0.343 e. The molecule has 1 aliphatic heterocycles. The van der Waals surface area contributed by atoms with Crippen molar-refractivity contribution < 1.29 is 14.3 Å². The van der Waals surface area contributed by atoms with E-state index in [0.717, 1.165) is 22.3 Å². The zero-order valence-corrected chi connectivity index (χ0v) is 17.7. The number of carbonyl (C=O) groups excluding carboxylic acids is 1. The topological polar surface area (TPSA) is 35.5 Å². The average Bonchev–Trinajstić information content (AvgIpc) is 3.10. The SMILES string of the molecule is Cc1ccc(C2=C/C(=C\c3ccc(OCc4ccc(Cl)c(Cl)c4)cc3)C(=O)O2)cc1. The summed E-state index contributed by atoms with van der Waals surface area (Å²) in [6.45, 7) is 2.40. The molecule has 0 radical (unpaired) electrons. The molecule has 0 fully saturated rings. The van der Waals surface area contributed by atoms with Crippen molar-refractivity contribution in [2.24, 2.45) is 0 Å². The van der Waals surface area contributed by atoms with Crippen LogP contribution in [-0.4, -0.2) is 5.97 Å². The predicted octanol–water partition coefficient (Wildman–Crippen LogP) is 6.86. The summed E-state index contributed by atoms with van der Waals surface area (Å²) in [5, 5.41) is 1.02. The molecular weight excluding hydrogens is 419 g/mol. The molecule has 0 saturated carbocycles. The summed E-state index contributed by atoms with van der Waals surface area (Å²) in [6.07, 6.45) is 3.56. The lowest BCUT2D eigenvalue weighted by Crippen LogP contribution is -1.97. The van der Waals surface area contributed by atoms with Gasteiger partial charge in [-0.15, -0.1) is 0 Å². The second-order valence-electron chi connectivity index (χ2n) is 6.97. The molecule has 3 nitrogen and oxygen atoms in total. The Balaban J connectivity index is 1.44. The van der Waals surface area contributed by atoms with Gasteiger partial charge < -0.3 is 9.47 Å². The standard InChI is InChI=1S/C25H18Cl2O3/c1-16-2-7-19(8-3-16)24-14-20(25(28)30-24)12-17-4-9-21(10-5-17)29-15-18-6-11-22(26)23(27)13-18/h2-14H,15H2,1H3/b20-12+. The van der Waals surface area contributed by atoms with Crippen LogP contribution >= 0.6 is 23.2 Å². The van der Waals surface area contributed by atoms with Crippen molar-refractivity contribution in [2.75, 3.05) is 0 Å². The molecule has 1 heterocycles. The van der Waals surface area contributed by atoms with Crippen LogP contribution in [0.25, 0.3) is 11.8 Å². The monoisotopic (exact) mass is 436 g/mol. The molecule has 3 aromatic carbocycles. The van der Waals surface area contributed by atoms with Crippen LogP contribution in [0.2, 0.25) is 10.0 Å². The maximum atomic E-state index is 12.2. The average molecular weight is 437 g/mol. The van der Waals surface area contributed by atoms with E-state index in [1.807, 2.05) is 61.5 Å². The Labute approximate surface area is 185 Å². The van der Waals surface area contributed by atoms with Crippen LogP contribution in [0.5, 0.6) is 5.75 Å². The van der Waals surface area contributed by atoms with Crippen molar-refractivity contribution >= 4 is 41.0 Å². The molecule has 0 amide bonds. The second-order valence-corrected chi connectivity index (χ2v) is 7.78. The zero-order valence-electron chi connectivity index (χ0n) is 16.2. The van der Waals surface area contributed by atoms with Gasteiger partial charge in [0.25, 0.3) is 0 Å². The summed E-state index contributed by atoms with van der Waals surface area (Å²) in [6, 6.07) is 20.8. The fraction of sp³-hybridized carbons (Fsp3) is 0.0800. The minimum Gasteiger partial charge on any atom is -0.489 e. The maximum Gasteiger partial charge on any atom is 0.343 e. The lowest BCUT2D eigenvalue weighted by Gasteiger charge is -2.07. The van der Waals surface area contributed by atoms with Gasteiger partial charge >= 0.3 is 5.97 Å². The normalized spacial score (nSPS) is 14.6. The van der Waals surface area contributed by atoms with E-state index >= 15 is 0 Å². The van der Waals surface area contributed by atoms with E-state index in [4.69, 9.17) is 32.7 Å². The summed E-state index contributed by atoms with van der Waals surface area (Å²) >= 11 is 12.0. The Bertz CT molecular complexity index is 1140. The van der Waals surface area contributed by atoms with Crippen molar-refractivity contribution in [2.45, 2.75) is 13.5 Å². The quantitative estimate of drug-likeness (QED) is 0.323. The molecular formula is C25H18Cl2O3. The highest BCUT2D eigenvalue weighted by molar-refractivity contribution is 6.42. The number of carbonyl (C=O) groups is 1. The van der Waals surface area contributed by atoms with Crippen molar-refractivity contribution in [1.29, 1.82) is 0 Å². The summed E-state index contributed by atoms with van der Waals surface area (Å²) < 4.78 is 11.2. The lowest BCUT2D eigenvalue weighted by molar-refractivity contribution is -0.130. The third-order valence-electron chi connectivity index (χ3n) is 4.65. The van der Waals surface area contributed by atoms with Crippen molar-refractivity contribution in [3.8, 4) is 5.75 Å². The van der Waals surface area contributed by atoms with Crippen LogP contribution in [0, 0.1) is 6.92 Å². The van der Waals surface area contributed by atoms with E-state index in [1.54, 1.807) is 24.3 Å². The molecule has 150 valence electrons. The number of benzene rings is 3. The molecule has 5 heteroatoms. The van der Waals surface area contributed by atoms with Gasteiger partial charge in [-0.25, -0.2) is 4.79 Å². The molecule has 0 spiro atoms. The molecule has 0 aromatic heterocycles. The number of ether oxygens (including phenoxy) is 2. The summed E-state index contributed by atoms with van der Waals surface area (Å²) in [4.78, 5) is 12.2. The number of hydrogen-bond donors (Lipinski definition) is 0. The van der Waals surface area contributed by atoms with E-state index in [9.17, 15) is 4.79 Å². The first kappa shape index (κ1) is 20.3.